The van der Waals surface area contributed by atoms with Crippen molar-refractivity contribution in [3.63, 3.8) is 0 Å². The van der Waals surface area contributed by atoms with Gasteiger partial charge in [-0.2, -0.15) is 0 Å². The van der Waals surface area contributed by atoms with Crippen LogP contribution in [0.3, 0.4) is 0 Å². The topological polar surface area (TPSA) is 112 Å². The van der Waals surface area contributed by atoms with Crippen molar-refractivity contribution in [3.05, 3.63) is 0 Å². The number of hydrogen-bond donors (Lipinski definition) is 0. The van der Waals surface area contributed by atoms with Crippen LogP contribution in [0.1, 0.15) is 0 Å². The number of rotatable bonds is 0. The molecular weight excluding hydrogens is 249 g/mol. The zero-order valence-electron chi connectivity index (χ0n) is 3.25. The maximum atomic E-state index is 8.52. The summed E-state index contributed by atoms with van der Waals surface area (Å²) >= 11 is 0. The molecule has 7 heteroatoms. The van der Waals surface area contributed by atoms with E-state index >= 15 is 0 Å². The van der Waals surface area contributed by atoms with E-state index in [-0.39, 0.29) is 54.4 Å². The van der Waals surface area contributed by atoms with Crippen molar-refractivity contribution in [3.8, 4) is 0 Å². The van der Waals surface area contributed by atoms with Crippen molar-refractivity contribution in [2.45, 2.75) is 0 Å². The van der Waals surface area contributed by atoms with E-state index in [0.717, 1.165) is 0 Å². The fourth-order valence-electron chi connectivity index (χ4n) is 0. The third-order valence-corrected chi connectivity index (χ3v) is 0. The molecule has 0 saturated carbocycles. The first-order valence-electron chi connectivity index (χ1n) is 0.667. The van der Waals surface area contributed by atoms with Gasteiger partial charge in [-0.15, -0.1) is 0 Å². The van der Waals surface area contributed by atoms with Gasteiger partial charge in [0.05, 0.1) is 0 Å². The fourth-order valence-corrected chi connectivity index (χ4v) is 0. The Morgan fingerprint density at radius 2 is 1.14 bits per heavy atom. The van der Waals surface area contributed by atoms with Crippen LogP contribution < -0.4 is 0 Å². The standard InChI is InChI=1S/Ba.H2O4S.H2O/c;1-5(2,3)4;/h;(H2,1,2,3,4);1H2/q+2;;/p-2. The summed E-state index contributed by atoms with van der Waals surface area (Å²) in [6, 6.07) is 0. The van der Waals surface area contributed by atoms with E-state index in [2.05, 4.69) is 0 Å². The van der Waals surface area contributed by atoms with Crippen molar-refractivity contribution in [2.24, 2.45) is 0 Å². The van der Waals surface area contributed by atoms with Crippen LogP contribution >= 0.6 is 0 Å². The Bertz CT molecular complexity index is 91.2. The molecule has 0 unspecified atom stereocenters. The van der Waals surface area contributed by atoms with Crippen molar-refractivity contribution >= 4 is 59.3 Å². The second kappa shape index (κ2) is 5.54. The fraction of sp³-hybridized carbons (Fsp3) is 0. The second-order valence-electron chi connectivity index (χ2n) is 0.408. The molecule has 7 heavy (non-hydrogen) atoms. The molecule has 0 radical (unpaired) electrons. The molecular formula is H2BaO5S. The second-order valence-corrected chi connectivity index (χ2v) is 1.22. The van der Waals surface area contributed by atoms with E-state index in [1.165, 1.54) is 0 Å². The van der Waals surface area contributed by atoms with Crippen LogP contribution in [0.15, 0.2) is 0 Å². The molecule has 0 aliphatic rings. The zero-order chi connectivity index (χ0) is 4.50. The van der Waals surface area contributed by atoms with Crippen molar-refractivity contribution in [1.82, 2.24) is 0 Å². The van der Waals surface area contributed by atoms with Gasteiger partial charge in [-0.3, -0.25) is 8.42 Å². The van der Waals surface area contributed by atoms with Crippen molar-refractivity contribution in [1.29, 1.82) is 0 Å². The molecule has 0 aromatic carbocycles. The first-order valence-corrected chi connectivity index (χ1v) is 2.00. The molecule has 0 bridgehead atoms. The van der Waals surface area contributed by atoms with Crippen LogP contribution in [-0.2, 0) is 10.4 Å². The summed E-state index contributed by atoms with van der Waals surface area (Å²) in [5.41, 5.74) is 0. The van der Waals surface area contributed by atoms with Gasteiger partial charge in [-0.1, -0.05) is 0 Å². The molecule has 0 saturated heterocycles. The van der Waals surface area contributed by atoms with Gasteiger partial charge in [-0.25, -0.2) is 0 Å². The molecule has 40 valence electrons. The average molecular weight is 251 g/mol. The maximum absolute atomic E-state index is 8.52. The number of hydrogen-bond acceptors (Lipinski definition) is 4. The summed E-state index contributed by atoms with van der Waals surface area (Å²) < 4.78 is 34.1. The average Bonchev–Trinajstić information content (AvgIpc) is 0.722. The van der Waals surface area contributed by atoms with Gasteiger partial charge < -0.3 is 14.6 Å². The largest absolute Gasteiger partial charge is 2.00 e. The quantitative estimate of drug-likeness (QED) is 0.268. The van der Waals surface area contributed by atoms with Crippen LogP contribution in [-0.4, -0.2) is 71.9 Å². The Morgan fingerprint density at radius 1 is 1.14 bits per heavy atom. The maximum Gasteiger partial charge on any atom is 2.00 e. The Morgan fingerprint density at radius 3 is 1.14 bits per heavy atom. The summed E-state index contributed by atoms with van der Waals surface area (Å²) in [5, 5.41) is 0. The zero-order valence-corrected chi connectivity index (χ0v) is 8.51. The van der Waals surface area contributed by atoms with Gasteiger partial charge in [0.1, 0.15) is 0 Å². The van der Waals surface area contributed by atoms with Crippen LogP contribution in [0.2, 0.25) is 0 Å². The van der Waals surface area contributed by atoms with E-state index in [0.29, 0.717) is 0 Å². The minimum atomic E-state index is -5.17. The van der Waals surface area contributed by atoms with E-state index in [1.54, 1.807) is 0 Å². The van der Waals surface area contributed by atoms with Crippen LogP contribution in [0.5, 0.6) is 0 Å². The van der Waals surface area contributed by atoms with Gasteiger partial charge >= 0.3 is 48.9 Å². The van der Waals surface area contributed by atoms with Crippen molar-refractivity contribution in [2.75, 3.05) is 0 Å². The molecule has 0 amide bonds. The third-order valence-electron chi connectivity index (χ3n) is 0. The van der Waals surface area contributed by atoms with E-state index in [1.807, 2.05) is 0 Å². The molecule has 0 aliphatic carbocycles. The van der Waals surface area contributed by atoms with Crippen LogP contribution in [0.25, 0.3) is 0 Å². The van der Waals surface area contributed by atoms with E-state index in [9.17, 15) is 0 Å². The van der Waals surface area contributed by atoms with E-state index < -0.39 is 10.4 Å². The minimum Gasteiger partial charge on any atom is -0.759 e. The van der Waals surface area contributed by atoms with Gasteiger partial charge in [0, 0.05) is 10.4 Å². The Hall–Kier alpha value is 1.40. The molecule has 0 aliphatic heterocycles. The SMILES string of the molecule is O.O=S(=O)([O-])[O-].[Ba+2]. The van der Waals surface area contributed by atoms with Crippen LogP contribution in [0.4, 0.5) is 0 Å². The predicted octanol–water partition coefficient (Wildman–Crippen LogP) is -2.54. The molecule has 0 fully saturated rings. The minimum absolute atomic E-state index is 0. The Labute approximate surface area is 81.1 Å². The van der Waals surface area contributed by atoms with Crippen LogP contribution in [0, 0.1) is 0 Å². The van der Waals surface area contributed by atoms with Gasteiger partial charge in [0.2, 0.25) is 0 Å². The predicted molar refractivity (Wildman–Crippen MR) is 19.8 cm³/mol. The van der Waals surface area contributed by atoms with E-state index in [4.69, 9.17) is 17.5 Å². The monoisotopic (exact) mass is 252 g/mol. The molecule has 2 N–H and O–H groups in total. The Kier molecular flexibility index (Phi) is 12.5. The third kappa shape index (κ3) is 110. The molecule has 0 spiro atoms. The molecule has 0 rings (SSSR count). The molecule has 0 atom stereocenters. The summed E-state index contributed by atoms with van der Waals surface area (Å²) in [5.74, 6) is 0. The molecule has 5 nitrogen and oxygen atoms in total. The summed E-state index contributed by atoms with van der Waals surface area (Å²) in [7, 11) is -5.17. The Balaban J connectivity index is -0.0000000800. The smallest absolute Gasteiger partial charge is 0.759 e. The summed E-state index contributed by atoms with van der Waals surface area (Å²) in [4.78, 5) is 0. The molecule has 0 aromatic heterocycles. The summed E-state index contributed by atoms with van der Waals surface area (Å²) in [6.45, 7) is 0. The molecule has 0 heterocycles. The first kappa shape index (κ1) is 15.8. The summed E-state index contributed by atoms with van der Waals surface area (Å²) in [6.07, 6.45) is 0. The van der Waals surface area contributed by atoms with Gasteiger partial charge in [0.15, 0.2) is 0 Å². The van der Waals surface area contributed by atoms with Crippen molar-refractivity contribution < 1.29 is 23.0 Å². The van der Waals surface area contributed by atoms with Gasteiger partial charge in [0.25, 0.3) is 0 Å². The molecule has 0 aromatic rings. The normalized spacial score (nSPS) is 8.29. The van der Waals surface area contributed by atoms with Gasteiger partial charge in [-0.05, 0) is 0 Å². The first-order chi connectivity index (χ1) is 2.00.